The Bertz CT molecular complexity index is 848. The molecule has 33 heavy (non-hydrogen) atoms. The third kappa shape index (κ3) is 6.06. The Morgan fingerprint density at radius 3 is 2.58 bits per heavy atom. The zero-order chi connectivity index (χ0) is 23.1. The number of benzene rings is 1. The molecule has 0 atom stereocenters. The Morgan fingerprint density at radius 2 is 1.73 bits per heavy atom. The SMILES string of the molecule is O=C1NCC2(CCCCCOc3ccccc31)CCN(C(=O)CN1CCCCCC1=O)CC2. The molecular weight excluding hydrogens is 418 g/mol. The van der Waals surface area contributed by atoms with Gasteiger partial charge in [-0.1, -0.05) is 31.4 Å². The number of piperidine rings is 1. The standard InChI is InChI=1S/C26H37N3O4/c30-23-11-3-1-7-15-29(23)19-24(31)28-16-13-26(14-17-28)12-6-2-8-18-33-22-10-5-4-9-21(22)25(32)27-20-26/h4-5,9-10H,1-3,6-8,11-20H2,(H,27,32). The molecule has 0 bridgehead atoms. The lowest BCUT2D eigenvalue weighted by Crippen LogP contribution is -2.50. The van der Waals surface area contributed by atoms with Crippen molar-refractivity contribution in [3.63, 3.8) is 0 Å². The van der Waals surface area contributed by atoms with Gasteiger partial charge >= 0.3 is 0 Å². The number of nitrogens with one attached hydrogen (secondary N) is 1. The summed E-state index contributed by atoms with van der Waals surface area (Å²) in [5.41, 5.74) is 0.600. The van der Waals surface area contributed by atoms with E-state index >= 15 is 0 Å². The van der Waals surface area contributed by atoms with Gasteiger partial charge in [-0.15, -0.1) is 0 Å². The maximum Gasteiger partial charge on any atom is 0.255 e. The summed E-state index contributed by atoms with van der Waals surface area (Å²) in [4.78, 5) is 41.8. The van der Waals surface area contributed by atoms with Crippen molar-refractivity contribution in [3.8, 4) is 5.75 Å². The molecule has 3 aliphatic heterocycles. The summed E-state index contributed by atoms with van der Waals surface area (Å²) in [6.07, 6.45) is 9.50. The van der Waals surface area contributed by atoms with E-state index in [1.807, 2.05) is 29.2 Å². The van der Waals surface area contributed by atoms with Crippen molar-refractivity contribution < 1.29 is 19.1 Å². The summed E-state index contributed by atoms with van der Waals surface area (Å²) in [7, 11) is 0. The lowest BCUT2D eigenvalue weighted by atomic mass is 9.74. The molecule has 180 valence electrons. The monoisotopic (exact) mass is 455 g/mol. The molecule has 7 nitrogen and oxygen atoms in total. The molecule has 1 N–H and O–H groups in total. The van der Waals surface area contributed by atoms with Crippen molar-refractivity contribution in [2.45, 2.75) is 64.2 Å². The molecule has 1 aromatic rings. The molecule has 7 heteroatoms. The fraction of sp³-hybridized carbons (Fsp3) is 0.654. The number of rotatable bonds is 2. The van der Waals surface area contributed by atoms with E-state index in [0.717, 1.165) is 57.8 Å². The first-order valence-electron chi connectivity index (χ1n) is 12.6. The number of carbonyl (C=O) groups is 3. The second kappa shape index (κ2) is 11.0. The molecule has 0 unspecified atom stereocenters. The minimum absolute atomic E-state index is 0.0138. The molecule has 3 heterocycles. The molecule has 0 aromatic heterocycles. The summed E-state index contributed by atoms with van der Waals surface area (Å²) in [6.45, 7) is 3.52. The number of ether oxygens (including phenoxy) is 1. The molecule has 0 radical (unpaired) electrons. The second-order valence-corrected chi connectivity index (χ2v) is 9.84. The zero-order valence-corrected chi connectivity index (χ0v) is 19.7. The second-order valence-electron chi connectivity index (χ2n) is 9.84. The number of hydrogen-bond acceptors (Lipinski definition) is 4. The van der Waals surface area contributed by atoms with E-state index in [1.165, 1.54) is 0 Å². The zero-order valence-electron chi connectivity index (χ0n) is 19.7. The molecule has 3 aliphatic rings. The van der Waals surface area contributed by atoms with E-state index in [-0.39, 0.29) is 29.7 Å². The average Bonchev–Trinajstić information content (AvgIpc) is 3.03. The number of likely N-dealkylation sites (tertiary alicyclic amines) is 2. The largest absolute Gasteiger partial charge is 0.493 e. The highest BCUT2D eigenvalue weighted by atomic mass is 16.5. The minimum atomic E-state index is -0.0938. The van der Waals surface area contributed by atoms with Crippen LogP contribution in [-0.2, 0) is 9.59 Å². The Kier molecular flexibility index (Phi) is 7.89. The fourth-order valence-corrected chi connectivity index (χ4v) is 5.32. The molecule has 3 amide bonds. The van der Waals surface area contributed by atoms with Crippen LogP contribution in [0.4, 0.5) is 0 Å². The third-order valence-electron chi connectivity index (χ3n) is 7.54. The highest BCUT2D eigenvalue weighted by molar-refractivity contribution is 5.96. The van der Waals surface area contributed by atoms with Crippen molar-refractivity contribution in [1.29, 1.82) is 0 Å². The maximum absolute atomic E-state index is 12.9. The Balaban J connectivity index is 1.37. The number of fused-ring (bicyclic) bond motifs is 1. The molecule has 1 aromatic carbocycles. The van der Waals surface area contributed by atoms with Gasteiger partial charge in [-0.25, -0.2) is 0 Å². The molecule has 2 saturated heterocycles. The Morgan fingerprint density at radius 1 is 0.939 bits per heavy atom. The summed E-state index contributed by atoms with van der Waals surface area (Å²) in [6, 6.07) is 7.43. The van der Waals surface area contributed by atoms with Crippen LogP contribution in [0.5, 0.6) is 5.75 Å². The number of hydrogen-bond donors (Lipinski definition) is 1. The molecule has 2 fully saturated rings. The van der Waals surface area contributed by atoms with Crippen LogP contribution in [0, 0.1) is 5.41 Å². The summed E-state index contributed by atoms with van der Waals surface area (Å²) < 4.78 is 5.85. The quantitative estimate of drug-likeness (QED) is 0.742. The first kappa shape index (κ1) is 23.6. The van der Waals surface area contributed by atoms with Gasteiger partial charge in [-0.2, -0.15) is 0 Å². The molecule has 4 rings (SSSR count). The van der Waals surface area contributed by atoms with E-state index in [4.69, 9.17) is 4.74 Å². The van der Waals surface area contributed by atoms with Gasteiger partial charge in [0, 0.05) is 32.6 Å². The number of amides is 3. The third-order valence-corrected chi connectivity index (χ3v) is 7.54. The van der Waals surface area contributed by atoms with E-state index in [1.54, 1.807) is 4.90 Å². The molecule has 1 spiro atoms. The van der Waals surface area contributed by atoms with Gasteiger partial charge in [0.05, 0.1) is 18.7 Å². The lowest BCUT2D eigenvalue weighted by Gasteiger charge is -2.42. The van der Waals surface area contributed by atoms with Crippen LogP contribution in [0.2, 0.25) is 0 Å². The van der Waals surface area contributed by atoms with Gasteiger partial charge in [0.15, 0.2) is 0 Å². The van der Waals surface area contributed by atoms with Crippen LogP contribution in [0.25, 0.3) is 0 Å². The Labute approximate surface area is 196 Å². The van der Waals surface area contributed by atoms with Gasteiger partial charge in [0.2, 0.25) is 11.8 Å². The topological polar surface area (TPSA) is 79.0 Å². The van der Waals surface area contributed by atoms with E-state index in [9.17, 15) is 14.4 Å². The van der Waals surface area contributed by atoms with Gasteiger partial charge in [0.25, 0.3) is 5.91 Å². The van der Waals surface area contributed by atoms with Crippen LogP contribution in [0.3, 0.4) is 0 Å². The van der Waals surface area contributed by atoms with Crippen molar-refractivity contribution in [2.75, 3.05) is 39.3 Å². The van der Waals surface area contributed by atoms with E-state index in [0.29, 0.717) is 50.5 Å². The smallest absolute Gasteiger partial charge is 0.255 e. The predicted octanol–water partition coefficient (Wildman–Crippen LogP) is 3.38. The first-order valence-corrected chi connectivity index (χ1v) is 12.6. The number of carbonyl (C=O) groups excluding carboxylic acids is 3. The lowest BCUT2D eigenvalue weighted by molar-refractivity contribution is -0.141. The van der Waals surface area contributed by atoms with Crippen molar-refractivity contribution in [2.24, 2.45) is 5.41 Å². The molecule has 0 saturated carbocycles. The van der Waals surface area contributed by atoms with Crippen molar-refractivity contribution in [1.82, 2.24) is 15.1 Å². The summed E-state index contributed by atoms with van der Waals surface area (Å²) in [5, 5.41) is 3.16. The summed E-state index contributed by atoms with van der Waals surface area (Å²) >= 11 is 0. The first-order chi connectivity index (χ1) is 16.1. The van der Waals surface area contributed by atoms with Crippen LogP contribution in [0.1, 0.15) is 74.6 Å². The van der Waals surface area contributed by atoms with Crippen LogP contribution < -0.4 is 10.1 Å². The van der Waals surface area contributed by atoms with E-state index in [2.05, 4.69) is 5.32 Å². The van der Waals surface area contributed by atoms with Gasteiger partial charge in [-0.3, -0.25) is 14.4 Å². The van der Waals surface area contributed by atoms with Crippen LogP contribution in [0.15, 0.2) is 24.3 Å². The van der Waals surface area contributed by atoms with Crippen LogP contribution >= 0.6 is 0 Å². The minimum Gasteiger partial charge on any atom is -0.493 e. The average molecular weight is 456 g/mol. The van der Waals surface area contributed by atoms with Gasteiger partial charge in [0.1, 0.15) is 5.75 Å². The van der Waals surface area contributed by atoms with Crippen molar-refractivity contribution in [3.05, 3.63) is 29.8 Å². The maximum atomic E-state index is 12.9. The Hall–Kier alpha value is -2.57. The molecule has 0 aliphatic carbocycles. The fourth-order valence-electron chi connectivity index (χ4n) is 5.32. The van der Waals surface area contributed by atoms with Gasteiger partial charge < -0.3 is 19.9 Å². The van der Waals surface area contributed by atoms with Crippen LogP contribution in [-0.4, -0.2) is 66.9 Å². The predicted molar refractivity (Wildman–Crippen MR) is 126 cm³/mol. The highest BCUT2D eigenvalue weighted by Crippen LogP contribution is 2.37. The van der Waals surface area contributed by atoms with E-state index < -0.39 is 0 Å². The highest BCUT2D eigenvalue weighted by Gasteiger charge is 2.36. The summed E-state index contributed by atoms with van der Waals surface area (Å²) in [5.74, 6) is 0.723. The molecular formula is C26H37N3O4. The number of nitrogens with zero attached hydrogens (tertiary/aromatic N) is 2. The van der Waals surface area contributed by atoms with Crippen molar-refractivity contribution >= 4 is 17.7 Å². The normalized spacial score (nSPS) is 22.3. The number of para-hydroxylation sites is 1. The van der Waals surface area contributed by atoms with Gasteiger partial charge in [-0.05, 0) is 56.1 Å².